The lowest BCUT2D eigenvalue weighted by atomic mass is 9.90. The summed E-state index contributed by atoms with van der Waals surface area (Å²) in [6, 6.07) is 5.47. The van der Waals surface area contributed by atoms with Crippen LogP contribution in [-0.2, 0) is 4.79 Å². The summed E-state index contributed by atoms with van der Waals surface area (Å²) in [5.41, 5.74) is 5.05. The fourth-order valence-electron chi connectivity index (χ4n) is 0.887. The van der Waals surface area contributed by atoms with Gasteiger partial charge < -0.3 is 0 Å². The van der Waals surface area contributed by atoms with Crippen molar-refractivity contribution < 1.29 is 4.79 Å². The number of hydrogen-bond acceptors (Lipinski definition) is 3. The van der Waals surface area contributed by atoms with E-state index in [1.165, 1.54) is 0 Å². The van der Waals surface area contributed by atoms with Crippen molar-refractivity contribution >= 4 is 11.7 Å². The first kappa shape index (κ1) is 11.5. The van der Waals surface area contributed by atoms with Gasteiger partial charge >= 0.3 is 0 Å². The zero-order chi connectivity index (χ0) is 11.3. The van der Waals surface area contributed by atoms with Gasteiger partial charge in [-0.3, -0.25) is 15.6 Å². The second-order valence-corrected chi connectivity index (χ2v) is 4.03. The molecule has 0 unspecified atom stereocenters. The number of carbonyl (C=O) groups is 1. The van der Waals surface area contributed by atoms with Crippen LogP contribution in [0.4, 0.5) is 5.82 Å². The summed E-state index contributed by atoms with van der Waals surface area (Å²) in [7, 11) is 0. The third-order valence-electron chi connectivity index (χ3n) is 2.47. The Balaban J connectivity index is 2.48. The summed E-state index contributed by atoms with van der Waals surface area (Å²) >= 11 is 0. The molecule has 2 N–H and O–H groups in total. The monoisotopic (exact) mass is 207 g/mol. The van der Waals surface area contributed by atoms with Gasteiger partial charge in [-0.2, -0.15) is 0 Å². The van der Waals surface area contributed by atoms with Crippen molar-refractivity contribution in [2.75, 3.05) is 5.43 Å². The molecular formula is C11H17N3O. The maximum Gasteiger partial charge on any atom is 0.243 e. The second kappa shape index (κ2) is 4.77. The Kier molecular flexibility index (Phi) is 3.66. The lowest BCUT2D eigenvalue weighted by molar-refractivity contribution is -0.128. The molecule has 4 heteroatoms. The zero-order valence-electron chi connectivity index (χ0n) is 9.37. The Morgan fingerprint density at radius 3 is 2.73 bits per heavy atom. The summed E-state index contributed by atoms with van der Waals surface area (Å²) in [5, 5.41) is 0. The second-order valence-electron chi connectivity index (χ2n) is 4.03. The van der Waals surface area contributed by atoms with Crippen LogP contribution in [0.2, 0.25) is 0 Å². The number of carbonyl (C=O) groups excluding carboxylic acids is 1. The van der Waals surface area contributed by atoms with Crippen molar-refractivity contribution in [3.8, 4) is 0 Å². The zero-order valence-corrected chi connectivity index (χ0v) is 9.37. The minimum atomic E-state index is -0.359. The molecule has 0 radical (unpaired) electrons. The average Bonchev–Trinajstić information content (AvgIpc) is 2.27. The van der Waals surface area contributed by atoms with E-state index >= 15 is 0 Å². The van der Waals surface area contributed by atoms with Crippen molar-refractivity contribution in [1.82, 2.24) is 10.4 Å². The molecular weight excluding hydrogens is 190 g/mol. The Hall–Kier alpha value is -1.58. The first-order valence-corrected chi connectivity index (χ1v) is 5.04. The SMILES string of the molecule is CCC(C)(C)C(=O)NNc1ccccn1. The van der Waals surface area contributed by atoms with Crippen LogP contribution in [0, 0.1) is 5.41 Å². The molecule has 0 aliphatic heterocycles. The Bertz CT molecular complexity index is 322. The maximum absolute atomic E-state index is 11.7. The summed E-state index contributed by atoms with van der Waals surface area (Å²) in [5.74, 6) is 0.605. The molecule has 1 rings (SSSR count). The Morgan fingerprint density at radius 2 is 2.20 bits per heavy atom. The van der Waals surface area contributed by atoms with Gasteiger partial charge in [0.25, 0.3) is 0 Å². The Labute approximate surface area is 90.1 Å². The van der Waals surface area contributed by atoms with Gasteiger partial charge in [-0.15, -0.1) is 0 Å². The van der Waals surface area contributed by atoms with Gasteiger partial charge in [0.2, 0.25) is 5.91 Å². The molecule has 0 saturated carbocycles. The molecule has 82 valence electrons. The average molecular weight is 207 g/mol. The normalized spacial score (nSPS) is 10.9. The fraction of sp³-hybridized carbons (Fsp3) is 0.455. The summed E-state index contributed by atoms with van der Waals surface area (Å²) in [6.07, 6.45) is 2.46. The van der Waals surface area contributed by atoms with Crippen LogP contribution in [0.5, 0.6) is 0 Å². The summed E-state index contributed by atoms with van der Waals surface area (Å²) in [4.78, 5) is 15.7. The van der Waals surface area contributed by atoms with Gasteiger partial charge in [0.15, 0.2) is 0 Å². The molecule has 15 heavy (non-hydrogen) atoms. The minimum Gasteiger partial charge on any atom is -0.282 e. The largest absolute Gasteiger partial charge is 0.282 e. The smallest absolute Gasteiger partial charge is 0.243 e. The van der Waals surface area contributed by atoms with Crippen LogP contribution >= 0.6 is 0 Å². The number of hydrogen-bond donors (Lipinski definition) is 2. The molecule has 1 aromatic rings. The van der Waals surface area contributed by atoms with E-state index in [1.54, 1.807) is 12.3 Å². The molecule has 4 nitrogen and oxygen atoms in total. The molecule has 0 saturated heterocycles. The van der Waals surface area contributed by atoms with Crippen molar-refractivity contribution in [2.45, 2.75) is 27.2 Å². The van der Waals surface area contributed by atoms with E-state index in [1.807, 2.05) is 32.9 Å². The van der Waals surface area contributed by atoms with Crippen LogP contribution in [0.15, 0.2) is 24.4 Å². The van der Waals surface area contributed by atoms with Crippen molar-refractivity contribution in [2.24, 2.45) is 5.41 Å². The highest BCUT2D eigenvalue weighted by molar-refractivity contribution is 5.82. The molecule has 0 atom stereocenters. The molecule has 0 aliphatic carbocycles. The van der Waals surface area contributed by atoms with Crippen LogP contribution in [-0.4, -0.2) is 10.9 Å². The minimum absolute atomic E-state index is 0.0318. The van der Waals surface area contributed by atoms with E-state index in [4.69, 9.17) is 0 Å². The van der Waals surface area contributed by atoms with Crippen LogP contribution in [0.1, 0.15) is 27.2 Å². The van der Waals surface area contributed by atoms with Gasteiger partial charge in [0.1, 0.15) is 5.82 Å². The molecule has 0 fully saturated rings. The van der Waals surface area contributed by atoms with Gasteiger partial charge in [-0.05, 0) is 18.6 Å². The number of amides is 1. The molecule has 0 bridgehead atoms. The summed E-state index contributed by atoms with van der Waals surface area (Å²) in [6.45, 7) is 5.80. The standard InChI is InChI=1S/C11H17N3O/c1-4-11(2,3)10(15)14-13-9-7-5-6-8-12-9/h5-8H,4H2,1-3H3,(H,12,13)(H,14,15). The van der Waals surface area contributed by atoms with Crippen LogP contribution in [0.25, 0.3) is 0 Å². The number of aromatic nitrogens is 1. The van der Waals surface area contributed by atoms with Gasteiger partial charge in [0, 0.05) is 11.6 Å². The van der Waals surface area contributed by atoms with Crippen LogP contribution < -0.4 is 10.9 Å². The number of nitrogens with one attached hydrogen (secondary N) is 2. The highest BCUT2D eigenvalue weighted by Crippen LogP contribution is 2.19. The number of nitrogens with zero attached hydrogens (tertiary/aromatic N) is 1. The van der Waals surface area contributed by atoms with E-state index in [2.05, 4.69) is 15.8 Å². The van der Waals surface area contributed by atoms with E-state index in [0.29, 0.717) is 5.82 Å². The first-order valence-electron chi connectivity index (χ1n) is 5.04. The maximum atomic E-state index is 11.7. The van der Waals surface area contributed by atoms with E-state index in [0.717, 1.165) is 6.42 Å². The predicted molar refractivity (Wildman–Crippen MR) is 60.1 cm³/mol. The van der Waals surface area contributed by atoms with E-state index < -0.39 is 0 Å². The number of anilines is 1. The predicted octanol–water partition coefficient (Wildman–Crippen LogP) is 1.96. The first-order chi connectivity index (χ1) is 7.06. The lowest BCUT2D eigenvalue weighted by Crippen LogP contribution is -2.39. The third kappa shape index (κ3) is 3.23. The topological polar surface area (TPSA) is 54.0 Å². The van der Waals surface area contributed by atoms with Crippen molar-refractivity contribution in [3.63, 3.8) is 0 Å². The summed E-state index contributed by atoms with van der Waals surface area (Å²) < 4.78 is 0. The fourth-order valence-corrected chi connectivity index (χ4v) is 0.887. The quantitative estimate of drug-likeness (QED) is 0.742. The third-order valence-corrected chi connectivity index (χ3v) is 2.47. The van der Waals surface area contributed by atoms with Gasteiger partial charge in [-0.1, -0.05) is 26.8 Å². The molecule has 0 aromatic carbocycles. The van der Waals surface area contributed by atoms with Gasteiger partial charge in [-0.25, -0.2) is 4.98 Å². The number of hydrazine groups is 1. The number of rotatable bonds is 4. The lowest BCUT2D eigenvalue weighted by Gasteiger charge is -2.21. The Morgan fingerprint density at radius 1 is 1.47 bits per heavy atom. The molecule has 1 heterocycles. The van der Waals surface area contributed by atoms with Crippen LogP contribution in [0.3, 0.4) is 0 Å². The highest BCUT2D eigenvalue weighted by atomic mass is 16.2. The number of pyridine rings is 1. The molecule has 1 amide bonds. The molecule has 1 aromatic heterocycles. The molecule has 0 spiro atoms. The highest BCUT2D eigenvalue weighted by Gasteiger charge is 2.24. The van der Waals surface area contributed by atoms with Crippen molar-refractivity contribution in [3.05, 3.63) is 24.4 Å². The molecule has 0 aliphatic rings. The van der Waals surface area contributed by atoms with Gasteiger partial charge in [0.05, 0.1) is 0 Å². The van der Waals surface area contributed by atoms with E-state index in [9.17, 15) is 4.79 Å². The van der Waals surface area contributed by atoms with E-state index in [-0.39, 0.29) is 11.3 Å². The van der Waals surface area contributed by atoms with Crippen molar-refractivity contribution in [1.29, 1.82) is 0 Å².